The molecule has 0 aromatic carbocycles. The quantitative estimate of drug-likeness (QED) is 0.868. The maximum Gasteiger partial charge on any atom is 0.227 e. The van der Waals surface area contributed by atoms with E-state index >= 15 is 0 Å². The molecule has 0 saturated carbocycles. The van der Waals surface area contributed by atoms with Crippen LogP contribution in [0.5, 0.6) is 0 Å². The van der Waals surface area contributed by atoms with Crippen molar-refractivity contribution in [1.82, 2.24) is 25.0 Å². The molecule has 92 valence electrons. The summed E-state index contributed by atoms with van der Waals surface area (Å²) >= 11 is 1.43. The summed E-state index contributed by atoms with van der Waals surface area (Å²) in [5.41, 5.74) is 0.989. The van der Waals surface area contributed by atoms with Crippen LogP contribution in [0.1, 0.15) is 35.3 Å². The van der Waals surface area contributed by atoms with Crippen LogP contribution in [0.25, 0.3) is 0 Å². The van der Waals surface area contributed by atoms with E-state index in [0.717, 1.165) is 18.7 Å². The molecular weight excluding hydrogens is 238 g/mol. The number of aryl methyl sites for hydroxylation is 2. The molecule has 2 aromatic rings. The third-order valence-electron chi connectivity index (χ3n) is 2.44. The summed E-state index contributed by atoms with van der Waals surface area (Å²) in [4.78, 5) is 5.32. The maximum absolute atomic E-state index is 5.04. The van der Waals surface area contributed by atoms with Gasteiger partial charge in [-0.2, -0.15) is 4.98 Å². The van der Waals surface area contributed by atoms with Crippen molar-refractivity contribution in [2.75, 3.05) is 6.54 Å². The summed E-state index contributed by atoms with van der Waals surface area (Å²) in [6.45, 7) is 6.68. The lowest BCUT2D eigenvalue weighted by atomic mass is 10.2. The molecule has 1 atom stereocenters. The van der Waals surface area contributed by atoms with Crippen molar-refractivity contribution >= 4 is 11.5 Å². The van der Waals surface area contributed by atoms with Gasteiger partial charge in [0.1, 0.15) is 0 Å². The van der Waals surface area contributed by atoms with Gasteiger partial charge in [0.05, 0.1) is 10.6 Å². The van der Waals surface area contributed by atoms with Gasteiger partial charge in [-0.1, -0.05) is 9.64 Å². The molecule has 2 heterocycles. The van der Waals surface area contributed by atoms with Crippen LogP contribution in [0, 0.1) is 13.8 Å². The standard InChI is InChI=1S/C10H15N5OS/c1-6(10-7(2)13-15-17-10)11-5-4-9-12-8(3)14-16-9/h6,11H,4-5H2,1-3H3. The van der Waals surface area contributed by atoms with E-state index in [-0.39, 0.29) is 6.04 Å². The van der Waals surface area contributed by atoms with Gasteiger partial charge in [0.25, 0.3) is 0 Å². The predicted octanol–water partition coefficient (Wildman–Crippen LogP) is 1.43. The molecule has 0 spiro atoms. The van der Waals surface area contributed by atoms with Gasteiger partial charge < -0.3 is 9.84 Å². The number of rotatable bonds is 5. The zero-order valence-electron chi connectivity index (χ0n) is 10.1. The van der Waals surface area contributed by atoms with Gasteiger partial charge in [-0.15, -0.1) is 5.10 Å². The second kappa shape index (κ2) is 5.33. The molecule has 2 aromatic heterocycles. The normalized spacial score (nSPS) is 12.9. The van der Waals surface area contributed by atoms with Crippen molar-refractivity contribution in [1.29, 1.82) is 0 Å². The number of nitrogens with one attached hydrogen (secondary N) is 1. The maximum atomic E-state index is 5.04. The van der Waals surface area contributed by atoms with Crippen molar-refractivity contribution in [2.24, 2.45) is 0 Å². The largest absolute Gasteiger partial charge is 0.339 e. The van der Waals surface area contributed by atoms with Gasteiger partial charge in [0.15, 0.2) is 5.82 Å². The first kappa shape index (κ1) is 12.1. The van der Waals surface area contributed by atoms with E-state index < -0.39 is 0 Å². The van der Waals surface area contributed by atoms with Crippen molar-refractivity contribution < 1.29 is 4.52 Å². The first-order valence-corrected chi connectivity index (χ1v) is 6.25. The SMILES string of the molecule is Cc1noc(CCNC(C)c2snnc2C)n1. The lowest BCUT2D eigenvalue weighted by molar-refractivity contribution is 0.370. The molecule has 0 fully saturated rings. The van der Waals surface area contributed by atoms with E-state index in [1.54, 1.807) is 0 Å². The van der Waals surface area contributed by atoms with E-state index in [2.05, 4.69) is 32.0 Å². The Morgan fingerprint density at radius 1 is 1.41 bits per heavy atom. The molecule has 7 heteroatoms. The first-order valence-electron chi connectivity index (χ1n) is 5.48. The Balaban J connectivity index is 1.81. The Morgan fingerprint density at radius 3 is 2.82 bits per heavy atom. The van der Waals surface area contributed by atoms with E-state index in [1.165, 1.54) is 16.4 Å². The third kappa shape index (κ3) is 3.07. The zero-order chi connectivity index (χ0) is 12.3. The monoisotopic (exact) mass is 253 g/mol. The summed E-state index contributed by atoms with van der Waals surface area (Å²) in [6.07, 6.45) is 0.733. The van der Waals surface area contributed by atoms with Crippen molar-refractivity contribution in [3.8, 4) is 0 Å². The van der Waals surface area contributed by atoms with Crippen LogP contribution in [-0.2, 0) is 6.42 Å². The zero-order valence-corrected chi connectivity index (χ0v) is 10.9. The Hall–Kier alpha value is -1.34. The molecule has 0 aliphatic carbocycles. The van der Waals surface area contributed by atoms with Crippen LogP contribution in [0.15, 0.2) is 4.52 Å². The molecule has 17 heavy (non-hydrogen) atoms. The Kier molecular flexibility index (Phi) is 3.80. The van der Waals surface area contributed by atoms with Gasteiger partial charge in [0, 0.05) is 19.0 Å². The summed E-state index contributed by atoms with van der Waals surface area (Å²) in [7, 11) is 0. The van der Waals surface area contributed by atoms with Gasteiger partial charge in [0.2, 0.25) is 5.89 Å². The Bertz CT molecular complexity index is 481. The van der Waals surface area contributed by atoms with Crippen LogP contribution in [-0.4, -0.2) is 26.3 Å². The number of hydrogen-bond acceptors (Lipinski definition) is 7. The second-order valence-corrected chi connectivity index (χ2v) is 4.67. The molecule has 0 aliphatic rings. The van der Waals surface area contributed by atoms with Crippen molar-refractivity contribution in [2.45, 2.75) is 33.2 Å². The summed E-state index contributed by atoms with van der Waals surface area (Å²) in [6, 6.07) is 0.249. The predicted molar refractivity (Wildman–Crippen MR) is 63.8 cm³/mol. The van der Waals surface area contributed by atoms with Gasteiger partial charge in [-0.05, 0) is 32.3 Å². The molecule has 1 unspecified atom stereocenters. The molecule has 0 amide bonds. The Morgan fingerprint density at radius 2 is 2.24 bits per heavy atom. The molecule has 1 N–H and O–H groups in total. The van der Waals surface area contributed by atoms with Crippen LogP contribution in [0.4, 0.5) is 0 Å². The molecular formula is C10H15N5OS. The highest BCUT2D eigenvalue weighted by molar-refractivity contribution is 7.05. The van der Waals surface area contributed by atoms with Crippen LogP contribution in [0.3, 0.4) is 0 Å². The van der Waals surface area contributed by atoms with Crippen LogP contribution in [0.2, 0.25) is 0 Å². The molecule has 6 nitrogen and oxygen atoms in total. The second-order valence-electron chi connectivity index (χ2n) is 3.88. The molecule has 0 bridgehead atoms. The van der Waals surface area contributed by atoms with Crippen molar-refractivity contribution in [3.63, 3.8) is 0 Å². The summed E-state index contributed by atoms with van der Waals surface area (Å²) in [5, 5.41) is 11.1. The summed E-state index contributed by atoms with van der Waals surface area (Å²) in [5.74, 6) is 1.34. The molecule has 0 aliphatic heterocycles. The van der Waals surface area contributed by atoms with E-state index in [0.29, 0.717) is 11.7 Å². The fourth-order valence-electron chi connectivity index (χ4n) is 1.56. The first-order chi connectivity index (χ1) is 8.16. The minimum atomic E-state index is 0.249. The van der Waals surface area contributed by atoms with Crippen LogP contribution >= 0.6 is 11.5 Å². The average molecular weight is 253 g/mol. The van der Waals surface area contributed by atoms with Crippen LogP contribution < -0.4 is 5.32 Å². The highest BCUT2D eigenvalue weighted by Crippen LogP contribution is 2.18. The number of hydrogen-bond donors (Lipinski definition) is 1. The topological polar surface area (TPSA) is 76.7 Å². The highest BCUT2D eigenvalue weighted by Gasteiger charge is 2.12. The summed E-state index contributed by atoms with van der Waals surface area (Å²) < 4.78 is 8.96. The lowest BCUT2D eigenvalue weighted by Gasteiger charge is -2.10. The lowest BCUT2D eigenvalue weighted by Crippen LogP contribution is -2.21. The number of aromatic nitrogens is 4. The molecule has 0 radical (unpaired) electrons. The fourth-order valence-corrected chi connectivity index (χ4v) is 2.23. The molecule has 2 rings (SSSR count). The van der Waals surface area contributed by atoms with Gasteiger partial charge in [-0.3, -0.25) is 0 Å². The average Bonchev–Trinajstić information content (AvgIpc) is 2.87. The van der Waals surface area contributed by atoms with Gasteiger partial charge >= 0.3 is 0 Å². The Labute approximate surface area is 104 Å². The number of nitrogens with zero attached hydrogens (tertiary/aromatic N) is 4. The van der Waals surface area contributed by atoms with E-state index in [9.17, 15) is 0 Å². The van der Waals surface area contributed by atoms with Gasteiger partial charge in [-0.25, -0.2) is 0 Å². The minimum absolute atomic E-state index is 0.249. The van der Waals surface area contributed by atoms with E-state index in [4.69, 9.17) is 4.52 Å². The fraction of sp³-hybridized carbons (Fsp3) is 0.600. The highest BCUT2D eigenvalue weighted by atomic mass is 32.1. The minimum Gasteiger partial charge on any atom is -0.339 e. The smallest absolute Gasteiger partial charge is 0.227 e. The third-order valence-corrected chi connectivity index (χ3v) is 3.45. The van der Waals surface area contributed by atoms with Crippen molar-refractivity contribution in [3.05, 3.63) is 22.3 Å². The van der Waals surface area contributed by atoms with E-state index in [1.807, 2.05) is 13.8 Å². The molecule has 0 saturated heterocycles.